The Balaban J connectivity index is 1.90. The number of imidazole rings is 1. The van der Waals surface area contributed by atoms with Crippen LogP contribution in [0.5, 0.6) is 0 Å². The van der Waals surface area contributed by atoms with E-state index in [2.05, 4.69) is 10.3 Å². The summed E-state index contributed by atoms with van der Waals surface area (Å²) in [6.45, 7) is 0.724. The number of benzene rings is 1. The molecule has 0 aliphatic carbocycles. The molecule has 2 aromatic rings. The van der Waals surface area contributed by atoms with Gasteiger partial charge in [-0.1, -0.05) is 12.1 Å². The lowest BCUT2D eigenvalue weighted by Gasteiger charge is -2.15. The van der Waals surface area contributed by atoms with Crippen molar-refractivity contribution < 1.29 is 14.6 Å². The molecule has 2 N–H and O–H groups in total. The van der Waals surface area contributed by atoms with Crippen molar-refractivity contribution in [2.75, 3.05) is 20.3 Å². The first-order valence-corrected chi connectivity index (χ1v) is 6.53. The number of aliphatic hydroxyl groups excluding tert-OH is 1. The van der Waals surface area contributed by atoms with E-state index < -0.39 is 0 Å². The number of methoxy groups -OCH3 is 1. The summed E-state index contributed by atoms with van der Waals surface area (Å²) in [6, 6.07) is 7.43. The number of aliphatic hydroxyl groups is 1. The lowest BCUT2D eigenvalue weighted by Crippen LogP contribution is -2.40. The first-order chi connectivity index (χ1) is 9.74. The smallest absolute Gasteiger partial charge is 0.222 e. The third-order valence-electron chi connectivity index (χ3n) is 3.06. The van der Waals surface area contributed by atoms with Crippen LogP contribution in [-0.2, 0) is 16.1 Å². The van der Waals surface area contributed by atoms with Crippen molar-refractivity contribution >= 4 is 16.9 Å². The van der Waals surface area contributed by atoms with E-state index in [1.807, 2.05) is 28.8 Å². The summed E-state index contributed by atoms with van der Waals surface area (Å²) in [5.41, 5.74) is 1.93. The first-order valence-electron chi connectivity index (χ1n) is 6.53. The number of nitrogens with zero attached hydrogens (tertiary/aromatic N) is 2. The highest BCUT2D eigenvalue weighted by Crippen LogP contribution is 2.11. The maximum Gasteiger partial charge on any atom is 0.222 e. The molecule has 1 amide bonds. The van der Waals surface area contributed by atoms with Gasteiger partial charge in [-0.2, -0.15) is 0 Å². The van der Waals surface area contributed by atoms with Crippen LogP contribution in [0, 0.1) is 0 Å². The van der Waals surface area contributed by atoms with Crippen LogP contribution < -0.4 is 5.32 Å². The Kier molecular flexibility index (Phi) is 5.09. The van der Waals surface area contributed by atoms with Crippen LogP contribution in [0.3, 0.4) is 0 Å². The summed E-state index contributed by atoms with van der Waals surface area (Å²) in [4.78, 5) is 16.1. The van der Waals surface area contributed by atoms with E-state index in [9.17, 15) is 4.79 Å². The summed E-state index contributed by atoms with van der Waals surface area (Å²) >= 11 is 0. The number of aromatic nitrogens is 2. The van der Waals surface area contributed by atoms with E-state index in [0.29, 0.717) is 19.6 Å². The van der Waals surface area contributed by atoms with E-state index in [1.54, 1.807) is 6.33 Å². The molecule has 1 aromatic carbocycles. The van der Waals surface area contributed by atoms with Gasteiger partial charge in [-0.15, -0.1) is 0 Å². The van der Waals surface area contributed by atoms with Crippen LogP contribution in [0.2, 0.25) is 0 Å². The molecule has 0 bridgehead atoms. The summed E-state index contributed by atoms with van der Waals surface area (Å²) in [5, 5.41) is 11.8. The molecule has 0 aliphatic rings. The lowest BCUT2D eigenvalue weighted by molar-refractivity contribution is -0.122. The molecule has 1 unspecified atom stereocenters. The summed E-state index contributed by atoms with van der Waals surface area (Å²) < 4.78 is 6.86. The number of amides is 1. The number of fused-ring (bicyclic) bond motifs is 1. The fraction of sp³-hybridized carbons (Fsp3) is 0.429. The van der Waals surface area contributed by atoms with E-state index in [-0.39, 0.29) is 18.6 Å². The van der Waals surface area contributed by atoms with Gasteiger partial charge < -0.3 is 19.7 Å². The molecule has 0 aliphatic heterocycles. The highest BCUT2D eigenvalue weighted by molar-refractivity contribution is 5.77. The average molecular weight is 277 g/mol. The van der Waals surface area contributed by atoms with E-state index in [1.165, 1.54) is 7.11 Å². The molecule has 108 valence electrons. The predicted octanol–water partition coefficient (Wildman–Crippen LogP) is 0.550. The third kappa shape index (κ3) is 3.55. The van der Waals surface area contributed by atoms with Crippen LogP contribution in [-0.4, -0.2) is 46.9 Å². The highest BCUT2D eigenvalue weighted by Gasteiger charge is 2.11. The van der Waals surface area contributed by atoms with Gasteiger partial charge in [-0.25, -0.2) is 4.98 Å². The number of para-hydroxylation sites is 2. The molecular formula is C14H19N3O3. The van der Waals surface area contributed by atoms with Gasteiger partial charge in [0.2, 0.25) is 5.91 Å². The van der Waals surface area contributed by atoms with Gasteiger partial charge in [0, 0.05) is 20.1 Å². The Hall–Kier alpha value is -1.92. The zero-order chi connectivity index (χ0) is 14.4. The van der Waals surface area contributed by atoms with Crippen molar-refractivity contribution in [2.45, 2.75) is 19.0 Å². The molecule has 1 atom stereocenters. The summed E-state index contributed by atoms with van der Waals surface area (Å²) in [6.07, 6.45) is 2.07. The Morgan fingerprint density at radius 2 is 2.30 bits per heavy atom. The molecule has 0 fully saturated rings. The predicted molar refractivity (Wildman–Crippen MR) is 75.2 cm³/mol. The van der Waals surface area contributed by atoms with E-state index in [0.717, 1.165) is 11.0 Å². The van der Waals surface area contributed by atoms with Crippen molar-refractivity contribution in [3.05, 3.63) is 30.6 Å². The topological polar surface area (TPSA) is 76.4 Å². The number of carbonyl (C=O) groups is 1. The molecule has 0 saturated carbocycles. The molecule has 20 heavy (non-hydrogen) atoms. The minimum atomic E-state index is -0.355. The maximum absolute atomic E-state index is 11.8. The van der Waals surface area contributed by atoms with E-state index >= 15 is 0 Å². The number of carbonyl (C=O) groups excluding carboxylic acids is 1. The van der Waals surface area contributed by atoms with Gasteiger partial charge in [0.05, 0.1) is 36.6 Å². The second-order valence-electron chi connectivity index (χ2n) is 4.58. The zero-order valence-electron chi connectivity index (χ0n) is 11.5. The number of nitrogens with one attached hydrogen (secondary N) is 1. The molecule has 0 radical (unpaired) electrons. The van der Waals surface area contributed by atoms with E-state index in [4.69, 9.17) is 9.84 Å². The van der Waals surface area contributed by atoms with Crippen molar-refractivity contribution in [2.24, 2.45) is 0 Å². The van der Waals surface area contributed by atoms with Crippen LogP contribution in [0.1, 0.15) is 6.42 Å². The molecule has 6 nitrogen and oxygen atoms in total. The Bertz CT molecular complexity index is 568. The monoisotopic (exact) mass is 277 g/mol. The van der Waals surface area contributed by atoms with Gasteiger partial charge in [0.25, 0.3) is 0 Å². The Morgan fingerprint density at radius 3 is 3.05 bits per heavy atom. The molecule has 6 heteroatoms. The van der Waals surface area contributed by atoms with Gasteiger partial charge in [0.1, 0.15) is 0 Å². The number of rotatable bonds is 7. The molecule has 2 rings (SSSR count). The molecule has 1 heterocycles. The van der Waals surface area contributed by atoms with Gasteiger partial charge in [-0.3, -0.25) is 4.79 Å². The van der Waals surface area contributed by atoms with Crippen LogP contribution in [0.4, 0.5) is 0 Å². The number of ether oxygens (including phenoxy) is 1. The van der Waals surface area contributed by atoms with Crippen molar-refractivity contribution in [1.29, 1.82) is 0 Å². The van der Waals surface area contributed by atoms with Crippen molar-refractivity contribution in [3.8, 4) is 0 Å². The zero-order valence-corrected chi connectivity index (χ0v) is 11.5. The number of hydrogen-bond donors (Lipinski definition) is 2. The lowest BCUT2D eigenvalue weighted by atomic mass is 10.3. The fourth-order valence-corrected chi connectivity index (χ4v) is 2.05. The van der Waals surface area contributed by atoms with Crippen LogP contribution >= 0.6 is 0 Å². The highest BCUT2D eigenvalue weighted by atomic mass is 16.5. The molecule has 0 saturated heterocycles. The third-order valence-corrected chi connectivity index (χ3v) is 3.06. The Labute approximate surface area is 117 Å². The van der Waals surface area contributed by atoms with Gasteiger partial charge in [-0.05, 0) is 12.1 Å². The SMILES string of the molecule is COCC(CO)NC(=O)CCn1cnc2ccccc21. The average Bonchev–Trinajstić information content (AvgIpc) is 2.88. The van der Waals surface area contributed by atoms with Crippen molar-refractivity contribution in [1.82, 2.24) is 14.9 Å². The van der Waals surface area contributed by atoms with Gasteiger partial charge in [0.15, 0.2) is 0 Å². The molecule has 0 spiro atoms. The number of aryl methyl sites for hydroxylation is 1. The number of hydrogen-bond acceptors (Lipinski definition) is 4. The molecular weight excluding hydrogens is 258 g/mol. The minimum Gasteiger partial charge on any atom is -0.394 e. The molecule has 1 aromatic heterocycles. The fourth-order valence-electron chi connectivity index (χ4n) is 2.05. The normalized spacial score (nSPS) is 12.5. The van der Waals surface area contributed by atoms with Crippen LogP contribution in [0.15, 0.2) is 30.6 Å². The standard InChI is InChI=1S/C14H19N3O3/c1-20-9-11(8-18)16-14(19)6-7-17-10-15-12-4-2-3-5-13(12)17/h2-5,10-11,18H,6-9H2,1H3,(H,16,19). The largest absolute Gasteiger partial charge is 0.394 e. The maximum atomic E-state index is 11.8. The summed E-state index contributed by atoms with van der Waals surface area (Å²) in [7, 11) is 1.53. The summed E-state index contributed by atoms with van der Waals surface area (Å²) in [5.74, 6) is -0.112. The Morgan fingerprint density at radius 1 is 1.50 bits per heavy atom. The quantitative estimate of drug-likeness (QED) is 0.775. The second kappa shape index (κ2) is 7.02. The minimum absolute atomic E-state index is 0.112. The first kappa shape index (κ1) is 14.5. The van der Waals surface area contributed by atoms with Crippen molar-refractivity contribution in [3.63, 3.8) is 0 Å². The van der Waals surface area contributed by atoms with Gasteiger partial charge >= 0.3 is 0 Å². The van der Waals surface area contributed by atoms with Crippen LogP contribution in [0.25, 0.3) is 11.0 Å². The second-order valence-corrected chi connectivity index (χ2v) is 4.58.